The zero-order chi connectivity index (χ0) is 12.6. The Morgan fingerprint density at radius 1 is 1.59 bits per heavy atom. The van der Waals surface area contributed by atoms with Gasteiger partial charge in [-0.3, -0.25) is 14.9 Å². The maximum absolute atomic E-state index is 13.4. The molecule has 2 aliphatic heterocycles. The topological polar surface area (TPSA) is 75.6 Å². The van der Waals surface area contributed by atoms with Crippen molar-refractivity contribution in [1.29, 1.82) is 0 Å². The van der Waals surface area contributed by atoms with E-state index in [9.17, 15) is 14.0 Å². The molecular formula is C11H14FNO4. The lowest BCUT2D eigenvalue weighted by Crippen LogP contribution is -2.44. The number of rotatable bonds is 2. The molecule has 2 N–H and O–H groups in total. The van der Waals surface area contributed by atoms with Crippen LogP contribution in [0.5, 0.6) is 0 Å². The van der Waals surface area contributed by atoms with Gasteiger partial charge >= 0.3 is 0 Å². The minimum absolute atomic E-state index is 0.0568. The van der Waals surface area contributed by atoms with Gasteiger partial charge in [-0.2, -0.15) is 0 Å². The third-order valence-corrected chi connectivity index (χ3v) is 3.12. The number of imide groups is 1. The fourth-order valence-corrected chi connectivity index (χ4v) is 2.12. The number of ether oxygens (including phenoxy) is 1. The number of aliphatic hydroxyl groups is 1. The Balaban J connectivity index is 2.13. The molecule has 0 aromatic carbocycles. The molecule has 94 valence electrons. The van der Waals surface area contributed by atoms with E-state index in [1.54, 1.807) is 6.92 Å². The highest BCUT2D eigenvalue weighted by molar-refractivity contribution is 6.08. The molecule has 6 heteroatoms. The molecule has 1 unspecified atom stereocenters. The monoisotopic (exact) mass is 242 g/mol. The molecule has 0 aromatic rings. The van der Waals surface area contributed by atoms with Crippen molar-refractivity contribution in [3.8, 4) is 0 Å². The molecule has 0 aliphatic carbocycles. The second-order valence-corrected chi connectivity index (χ2v) is 4.34. The van der Waals surface area contributed by atoms with Crippen LogP contribution in [0.15, 0.2) is 11.6 Å². The average molecular weight is 242 g/mol. The molecule has 0 radical (unpaired) electrons. The van der Waals surface area contributed by atoms with Crippen LogP contribution in [0, 0.1) is 5.92 Å². The minimum atomic E-state index is -1.27. The highest BCUT2D eigenvalue weighted by atomic mass is 18.2. The number of alkyl halides is 1. The number of nitrogens with one attached hydrogen (secondary N) is 1. The first-order valence-corrected chi connectivity index (χ1v) is 5.47. The number of carbonyl (C=O) groups excluding carboxylic acids is 2. The molecule has 1 fully saturated rings. The van der Waals surface area contributed by atoms with E-state index in [1.165, 1.54) is 6.08 Å². The number of hydrogen-bond donors (Lipinski definition) is 2. The lowest BCUT2D eigenvalue weighted by atomic mass is 9.93. The number of hydrogen-bond acceptors (Lipinski definition) is 4. The summed E-state index contributed by atoms with van der Waals surface area (Å²) >= 11 is 0. The van der Waals surface area contributed by atoms with Crippen molar-refractivity contribution in [2.75, 3.05) is 6.61 Å². The van der Waals surface area contributed by atoms with Crippen molar-refractivity contribution in [2.45, 2.75) is 31.7 Å². The Labute approximate surface area is 97.6 Å². The van der Waals surface area contributed by atoms with Crippen LogP contribution in [-0.2, 0) is 14.3 Å². The molecule has 0 spiro atoms. The molecule has 5 nitrogen and oxygen atoms in total. The van der Waals surface area contributed by atoms with E-state index in [2.05, 4.69) is 5.32 Å². The van der Waals surface area contributed by atoms with Crippen molar-refractivity contribution in [1.82, 2.24) is 5.32 Å². The van der Waals surface area contributed by atoms with Crippen LogP contribution in [0.4, 0.5) is 4.39 Å². The molecule has 17 heavy (non-hydrogen) atoms. The molecule has 4 atom stereocenters. The summed E-state index contributed by atoms with van der Waals surface area (Å²) in [7, 11) is 0. The van der Waals surface area contributed by atoms with E-state index in [0.717, 1.165) is 0 Å². The van der Waals surface area contributed by atoms with Crippen molar-refractivity contribution in [3.63, 3.8) is 0 Å². The largest absolute Gasteiger partial charge is 0.394 e. The van der Waals surface area contributed by atoms with Gasteiger partial charge in [-0.25, -0.2) is 4.39 Å². The van der Waals surface area contributed by atoms with Crippen LogP contribution in [0.25, 0.3) is 0 Å². The summed E-state index contributed by atoms with van der Waals surface area (Å²) in [6.07, 6.45) is -1.21. The molecular weight excluding hydrogens is 228 g/mol. The van der Waals surface area contributed by atoms with Crippen molar-refractivity contribution in [3.05, 3.63) is 11.6 Å². The Morgan fingerprint density at radius 3 is 2.88 bits per heavy atom. The molecule has 2 rings (SSSR count). The number of amides is 2. The summed E-state index contributed by atoms with van der Waals surface area (Å²) in [5.41, 5.74) is 0.418. The summed E-state index contributed by atoms with van der Waals surface area (Å²) in [5.74, 6) is -1.57. The van der Waals surface area contributed by atoms with Gasteiger partial charge in [-0.1, -0.05) is 6.08 Å². The molecule has 0 aromatic heterocycles. The first-order valence-electron chi connectivity index (χ1n) is 5.47. The number of carbonyl (C=O) groups is 2. The SMILES string of the molecule is CC1=CC([C@H]2C[C@@H]([18F])[C@@H](CO)O2)C(=O)NC1=O. The Kier molecular flexibility index (Phi) is 3.26. The van der Waals surface area contributed by atoms with Gasteiger partial charge in [0.2, 0.25) is 5.91 Å². The Bertz CT molecular complexity index is 382. The lowest BCUT2D eigenvalue weighted by Gasteiger charge is -2.23. The van der Waals surface area contributed by atoms with E-state index in [4.69, 9.17) is 9.84 Å². The molecule has 2 amide bonds. The van der Waals surface area contributed by atoms with Crippen molar-refractivity contribution >= 4 is 11.8 Å². The average Bonchev–Trinajstić information content (AvgIpc) is 2.65. The fourth-order valence-electron chi connectivity index (χ4n) is 2.12. The molecule has 2 aliphatic rings. The summed E-state index contributed by atoms with van der Waals surface area (Å²) in [5, 5.41) is 11.1. The molecule has 2 heterocycles. The number of halogens is 1. The lowest BCUT2D eigenvalue weighted by molar-refractivity contribution is -0.134. The van der Waals surface area contributed by atoms with Crippen LogP contribution in [0.3, 0.4) is 0 Å². The maximum Gasteiger partial charge on any atom is 0.253 e. The molecule has 0 bridgehead atoms. The van der Waals surface area contributed by atoms with E-state index in [-0.39, 0.29) is 6.42 Å². The molecule has 0 saturated carbocycles. The summed E-state index contributed by atoms with van der Waals surface area (Å²) in [6.45, 7) is 1.17. The summed E-state index contributed by atoms with van der Waals surface area (Å²) in [6, 6.07) is 0. The first-order chi connectivity index (χ1) is 8.02. The highest BCUT2D eigenvalue weighted by Gasteiger charge is 2.42. The Morgan fingerprint density at radius 2 is 2.29 bits per heavy atom. The van der Waals surface area contributed by atoms with E-state index >= 15 is 0 Å². The smallest absolute Gasteiger partial charge is 0.253 e. The second kappa shape index (κ2) is 4.54. The third kappa shape index (κ3) is 2.23. The fraction of sp³-hybridized carbons (Fsp3) is 0.636. The van der Waals surface area contributed by atoms with Gasteiger partial charge in [0.15, 0.2) is 0 Å². The van der Waals surface area contributed by atoms with Crippen LogP contribution in [0.2, 0.25) is 0 Å². The van der Waals surface area contributed by atoms with E-state index in [0.29, 0.717) is 5.57 Å². The van der Waals surface area contributed by atoms with Crippen LogP contribution in [0.1, 0.15) is 13.3 Å². The van der Waals surface area contributed by atoms with Crippen LogP contribution < -0.4 is 5.32 Å². The van der Waals surface area contributed by atoms with Gasteiger partial charge in [0.25, 0.3) is 5.91 Å². The van der Waals surface area contributed by atoms with Crippen molar-refractivity contribution < 1.29 is 23.8 Å². The highest BCUT2D eigenvalue weighted by Crippen LogP contribution is 2.30. The van der Waals surface area contributed by atoms with E-state index in [1.807, 2.05) is 0 Å². The standard InChI is InChI=1S/C11H14FNO4/c1-5-2-6(11(16)13-10(5)15)8-3-7(12)9(4-14)17-8/h2,6-9,14H,3-4H2,1H3,(H,13,15,16)/t6?,7-,8-,9-/m1/s1/i12-1. The maximum atomic E-state index is 13.4. The predicted molar refractivity (Wildman–Crippen MR) is 55.7 cm³/mol. The second-order valence-electron chi connectivity index (χ2n) is 4.34. The molecule has 1 saturated heterocycles. The zero-order valence-corrected chi connectivity index (χ0v) is 9.35. The normalized spacial score (nSPS) is 37.9. The Hall–Kier alpha value is -1.27. The van der Waals surface area contributed by atoms with Gasteiger partial charge < -0.3 is 9.84 Å². The zero-order valence-electron chi connectivity index (χ0n) is 9.35. The van der Waals surface area contributed by atoms with Crippen LogP contribution >= 0.6 is 0 Å². The third-order valence-electron chi connectivity index (χ3n) is 3.12. The summed E-state index contributed by atoms with van der Waals surface area (Å²) < 4.78 is 18.7. The number of aliphatic hydroxyl groups excluding tert-OH is 1. The minimum Gasteiger partial charge on any atom is -0.394 e. The van der Waals surface area contributed by atoms with Gasteiger partial charge in [0.05, 0.1) is 18.6 Å². The quantitative estimate of drug-likeness (QED) is 0.651. The van der Waals surface area contributed by atoms with Crippen molar-refractivity contribution in [2.24, 2.45) is 5.92 Å². The summed E-state index contributed by atoms with van der Waals surface area (Å²) in [4.78, 5) is 22.8. The first kappa shape index (κ1) is 12.2. The van der Waals surface area contributed by atoms with E-state index < -0.39 is 42.7 Å². The van der Waals surface area contributed by atoms with Gasteiger partial charge in [-0.15, -0.1) is 0 Å². The van der Waals surface area contributed by atoms with Gasteiger partial charge in [0.1, 0.15) is 12.3 Å². The van der Waals surface area contributed by atoms with Gasteiger partial charge in [0, 0.05) is 12.0 Å². The predicted octanol–water partition coefficient (Wildman–Crippen LogP) is -0.307. The van der Waals surface area contributed by atoms with Gasteiger partial charge in [-0.05, 0) is 6.92 Å². The van der Waals surface area contributed by atoms with Crippen LogP contribution in [-0.4, -0.2) is 41.9 Å².